The molecule has 0 saturated heterocycles. The summed E-state index contributed by atoms with van der Waals surface area (Å²) in [7, 11) is 4.03. The van der Waals surface area contributed by atoms with Gasteiger partial charge in [0.05, 0.1) is 29.3 Å². The molecule has 8 nitrogen and oxygen atoms in total. The zero-order chi connectivity index (χ0) is 29.4. The lowest BCUT2D eigenvalue weighted by Gasteiger charge is -2.36. The van der Waals surface area contributed by atoms with Gasteiger partial charge in [-0.2, -0.15) is 0 Å². The Hall–Kier alpha value is -3.46. The number of carboxylic acids is 1. The summed E-state index contributed by atoms with van der Waals surface area (Å²) in [6.07, 6.45) is 4.78. The van der Waals surface area contributed by atoms with Gasteiger partial charge in [0.2, 0.25) is 0 Å². The smallest absolute Gasteiger partial charge is 0.305 e. The summed E-state index contributed by atoms with van der Waals surface area (Å²) in [5.41, 5.74) is 9.53. The van der Waals surface area contributed by atoms with Gasteiger partial charge < -0.3 is 25.8 Å². The number of hydrogen-bond donors (Lipinski definition) is 3. The minimum Gasteiger partial charge on any atom is -0.492 e. The molecule has 4 N–H and O–H groups in total. The first kappa shape index (κ1) is 30.5. The Bertz CT molecular complexity index is 1370. The first-order valence-corrected chi connectivity index (χ1v) is 14.5. The van der Waals surface area contributed by atoms with Crippen LogP contribution in [0, 0.1) is 0 Å². The van der Waals surface area contributed by atoms with Crippen LogP contribution < -0.4 is 15.8 Å². The molecular weight excluding hydrogens is 540 g/mol. The molecule has 1 fully saturated rings. The molecule has 1 heterocycles. The molecule has 41 heavy (non-hydrogen) atoms. The van der Waals surface area contributed by atoms with E-state index in [4.69, 9.17) is 27.1 Å². The van der Waals surface area contributed by atoms with E-state index in [0.29, 0.717) is 42.5 Å². The summed E-state index contributed by atoms with van der Waals surface area (Å²) < 4.78 is 6.03. The first-order valence-electron chi connectivity index (χ1n) is 14.1. The maximum atomic E-state index is 13.6. The summed E-state index contributed by atoms with van der Waals surface area (Å²) >= 11 is 6.49. The zero-order valence-electron chi connectivity index (χ0n) is 23.8. The first-order chi connectivity index (χ1) is 19.7. The van der Waals surface area contributed by atoms with Crippen LogP contribution in [0.25, 0.3) is 22.4 Å². The van der Waals surface area contributed by atoms with Crippen molar-refractivity contribution in [3.8, 4) is 28.1 Å². The van der Waals surface area contributed by atoms with Crippen LogP contribution in [0.1, 0.15) is 61.0 Å². The van der Waals surface area contributed by atoms with Crippen molar-refractivity contribution in [2.45, 2.75) is 57.0 Å². The van der Waals surface area contributed by atoms with Crippen molar-refractivity contribution in [2.75, 3.05) is 27.2 Å². The Morgan fingerprint density at radius 1 is 1.07 bits per heavy atom. The quantitative estimate of drug-likeness (QED) is 0.234. The fourth-order valence-electron chi connectivity index (χ4n) is 5.48. The highest BCUT2D eigenvalue weighted by Gasteiger charge is 2.36. The molecule has 0 bridgehead atoms. The number of carboxylic acid groups (broad SMARTS) is 1. The highest BCUT2D eigenvalue weighted by Crippen LogP contribution is 2.37. The molecule has 218 valence electrons. The number of hydrogen-bond acceptors (Lipinski definition) is 6. The minimum atomic E-state index is -0.922. The second-order valence-corrected chi connectivity index (χ2v) is 11.4. The van der Waals surface area contributed by atoms with E-state index in [0.717, 1.165) is 54.5 Å². The number of rotatable bonds is 12. The molecule has 0 atom stereocenters. The molecule has 2 aromatic carbocycles. The van der Waals surface area contributed by atoms with Crippen molar-refractivity contribution in [2.24, 2.45) is 5.73 Å². The third kappa shape index (κ3) is 7.85. The Morgan fingerprint density at radius 3 is 2.54 bits per heavy atom. The number of carbonyl (C=O) groups excluding carboxylic acids is 1. The third-order valence-corrected chi connectivity index (χ3v) is 7.86. The molecule has 1 saturated carbocycles. The molecule has 1 aromatic heterocycles. The van der Waals surface area contributed by atoms with Gasteiger partial charge >= 0.3 is 5.97 Å². The number of nitrogens with zero attached hydrogens (tertiary/aromatic N) is 2. The van der Waals surface area contributed by atoms with E-state index in [9.17, 15) is 14.7 Å². The average molecular weight is 579 g/mol. The molecule has 0 unspecified atom stereocenters. The van der Waals surface area contributed by atoms with E-state index in [1.165, 1.54) is 0 Å². The normalized spacial score (nSPS) is 14.6. The standard InChI is InChI=1S/C32H39ClN4O4/c1-37(2)17-8-18-41-28-19-22(11-13-26(28)33)30-25(24-10-5-4-9-23(24)21-34)12-14-27(35-30)31(40)36-32(20-29(38)39)15-6-3-7-16-32/h4-5,9-14,19H,3,6-8,15-18,20-21,34H2,1-2H3,(H,36,40)(H,38,39). The van der Waals surface area contributed by atoms with Crippen LogP contribution in [0.5, 0.6) is 5.75 Å². The zero-order valence-corrected chi connectivity index (χ0v) is 24.5. The van der Waals surface area contributed by atoms with Crippen LogP contribution >= 0.6 is 11.6 Å². The van der Waals surface area contributed by atoms with Crippen molar-refractivity contribution in [3.05, 3.63) is 70.9 Å². The Labute approximate surface area is 246 Å². The Kier molecular flexibility index (Phi) is 10.4. The number of aromatic nitrogens is 1. The van der Waals surface area contributed by atoms with Crippen LogP contribution in [0.15, 0.2) is 54.6 Å². The molecule has 4 rings (SSSR count). The van der Waals surface area contributed by atoms with E-state index < -0.39 is 11.5 Å². The average Bonchev–Trinajstić information content (AvgIpc) is 2.95. The van der Waals surface area contributed by atoms with Gasteiger partial charge in [-0.1, -0.05) is 61.2 Å². The third-order valence-electron chi connectivity index (χ3n) is 7.55. The second-order valence-electron chi connectivity index (χ2n) is 11.0. The van der Waals surface area contributed by atoms with Gasteiger partial charge in [-0.15, -0.1) is 0 Å². The summed E-state index contributed by atoms with van der Waals surface area (Å²) in [5, 5.41) is 13.1. The lowest BCUT2D eigenvalue weighted by Crippen LogP contribution is -2.51. The highest BCUT2D eigenvalue weighted by molar-refractivity contribution is 6.32. The summed E-state index contributed by atoms with van der Waals surface area (Å²) in [4.78, 5) is 32.2. The predicted molar refractivity (Wildman–Crippen MR) is 162 cm³/mol. The number of nitrogens with one attached hydrogen (secondary N) is 1. The van der Waals surface area contributed by atoms with E-state index in [2.05, 4.69) is 10.2 Å². The molecule has 0 radical (unpaired) electrons. The van der Waals surface area contributed by atoms with Crippen molar-refractivity contribution in [1.29, 1.82) is 0 Å². The van der Waals surface area contributed by atoms with E-state index >= 15 is 0 Å². The lowest BCUT2D eigenvalue weighted by molar-refractivity contribution is -0.139. The van der Waals surface area contributed by atoms with E-state index in [1.807, 2.05) is 56.6 Å². The van der Waals surface area contributed by atoms with Crippen LogP contribution in [0.3, 0.4) is 0 Å². The number of amides is 1. The largest absolute Gasteiger partial charge is 0.492 e. The van der Waals surface area contributed by atoms with Crippen molar-refractivity contribution >= 4 is 23.5 Å². The highest BCUT2D eigenvalue weighted by atomic mass is 35.5. The van der Waals surface area contributed by atoms with Gasteiger partial charge in [-0.05, 0) is 68.8 Å². The number of halogens is 1. The van der Waals surface area contributed by atoms with Crippen LogP contribution in [-0.2, 0) is 11.3 Å². The number of aliphatic carboxylic acids is 1. The predicted octanol–water partition coefficient (Wildman–Crippen LogP) is 5.77. The Morgan fingerprint density at radius 2 is 1.83 bits per heavy atom. The molecule has 0 spiro atoms. The molecule has 1 aliphatic carbocycles. The molecule has 3 aromatic rings. The second kappa shape index (κ2) is 13.9. The molecule has 1 aliphatic rings. The van der Waals surface area contributed by atoms with Gasteiger partial charge in [-0.25, -0.2) is 4.98 Å². The van der Waals surface area contributed by atoms with Crippen molar-refractivity contribution in [3.63, 3.8) is 0 Å². The minimum absolute atomic E-state index is 0.112. The fourth-order valence-corrected chi connectivity index (χ4v) is 5.65. The maximum Gasteiger partial charge on any atom is 0.305 e. The number of nitrogens with two attached hydrogens (primary N) is 1. The molecular formula is C32H39ClN4O4. The van der Waals surface area contributed by atoms with Gasteiger partial charge in [0.1, 0.15) is 11.4 Å². The number of pyridine rings is 1. The SMILES string of the molecule is CN(C)CCCOc1cc(-c2nc(C(=O)NC3(CC(=O)O)CCCCC3)ccc2-c2ccccc2CN)ccc1Cl. The summed E-state index contributed by atoms with van der Waals surface area (Å²) in [5.74, 6) is -0.767. The van der Waals surface area contributed by atoms with Crippen molar-refractivity contribution in [1.82, 2.24) is 15.2 Å². The molecule has 9 heteroatoms. The number of benzene rings is 2. The van der Waals surface area contributed by atoms with Gasteiger partial charge in [0.25, 0.3) is 5.91 Å². The summed E-state index contributed by atoms with van der Waals surface area (Å²) in [6.45, 7) is 1.74. The fraction of sp³-hybridized carbons (Fsp3) is 0.406. The van der Waals surface area contributed by atoms with Crippen LogP contribution in [0.2, 0.25) is 5.02 Å². The topological polar surface area (TPSA) is 118 Å². The van der Waals surface area contributed by atoms with Gasteiger partial charge in [-0.3, -0.25) is 9.59 Å². The van der Waals surface area contributed by atoms with Crippen molar-refractivity contribution < 1.29 is 19.4 Å². The number of ether oxygens (including phenoxy) is 1. The van der Waals surface area contributed by atoms with Gasteiger partial charge in [0.15, 0.2) is 0 Å². The lowest BCUT2D eigenvalue weighted by atomic mass is 9.79. The summed E-state index contributed by atoms with van der Waals surface area (Å²) in [6, 6.07) is 16.9. The van der Waals surface area contributed by atoms with Crippen LogP contribution in [-0.4, -0.2) is 59.7 Å². The number of carbonyl (C=O) groups is 2. The Balaban J connectivity index is 1.74. The monoisotopic (exact) mass is 578 g/mol. The maximum absolute atomic E-state index is 13.6. The van der Waals surface area contributed by atoms with Crippen LogP contribution in [0.4, 0.5) is 0 Å². The van der Waals surface area contributed by atoms with Gasteiger partial charge in [0, 0.05) is 24.2 Å². The van der Waals surface area contributed by atoms with E-state index in [-0.39, 0.29) is 18.0 Å². The molecule has 0 aliphatic heterocycles. The van der Waals surface area contributed by atoms with E-state index in [1.54, 1.807) is 12.1 Å². The molecule has 1 amide bonds.